The van der Waals surface area contributed by atoms with Gasteiger partial charge in [0.2, 0.25) is 0 Å². The first-order valence-corrected chi connectivity index (χ1v) is 9.02. The third-order valence-electron chi connectivity index (χ3n) is 4.13. The van der Waals surface area contributed by atoms with E-state index < -0.39 is 0 Å². The van der Waals surface area contributed by atoms with Gasteiger partial charge in [0.25, 0.3) is 0 Å². The molecular formula is C22H19BrO2. The van der Waals surface area contributed by atoms with E-state index in [9.17, 15) is 4.79 Å². The molecule has 0 heterocycles. The minimum atomic E-state index is -0.0260. The standard InChI is InChI=1S/C22H19BrO2/c23-21-13-7-12-20(19(14-15-24)18-10-5-2-6-11-18)22(21)25-16-17-8-3-1-4-9-17/h1-13,15,19H,14,16H2. The van der Waals surface area contributed by atoms with Gasteiger partial charge in [-0.05, 0) is 33.1 Å². The van der Waals surface area contributed by atoms with Crippen molar-refractivity contribution in [3.05, 3.63) is 100 Å². The van der Waals surface area contributed by atoms with Crippen molar-refractivity contribution in [3.63, 3.8) is 0 Å². The second-order valence-electron chi connectivity index (χ2n) is 5.80. The van der Waals surface area contributed by atoms with Gasteiger partial charge in [0.15, 0.2) is 0 Å². The number of hydrogen-bond donors (Lipinski definition) is 0. The van der Waals surface area contributed by atoms with Crippen molar-refractivity contribution < 1.29 is 9.53 Å². The largest absolute Gasteiger partial charge is 0.487 e. The Morgan fingerprint density at radius 2 is 1.56 bits per heavy atom. The summed E-state index contributed by atoms with van der Waals surface area (Å²) in [7, 11) is 0. The number of halogens is 1. The van der Waals surface area contributed by atoms with Crippen LogP contribution < -0.4 is 4.74 Å². The van der Waals surface area contributed by atoms with Crippen molar-refractivity contribution in [2.75, 3.05) is 0 Å². The Bertz CT molecular complexity index is 816. The van der Waals surface area contributed by atoms with Crippen LogP contribution in [0.2, 0.25) is 0 Å². The van der Waals surface area contributed by atoms with E-state index in [0.717, 1.165) is 33.2 Å². The second kappa shape index (κ2) is 8.63. The first kappa shape index (κ1) is 17.4. The highest BCUT2D eigenvalue weighted by molar-refractivity contribution is 9.10. The maximum Gasteiger partial charge on any atom is 0.137 e. The summed E-state index contributed by atoms with van der Waals surface area (Å²) in [5, 5.41) is 0. The molecule has 1 atom stereocenters. The predicted molar refractivity (Wildman–Crippen MR) is 104 cm³/mol. The highest BCUT2D eigenvalue weighted by atomic mass is 79.9. The zero-order valence-corrected chi connectivity index (χ0v) is 15.4. The Balaban J connectivity index is 1.94. The van der Waals surface area contributed by atoms with Crippen LogP contribution >= 0.6 is 15.9 Å². The molecule has 25 heavy (non-hydrogen) atoms. The van der Waals surface area contributed by atoms with Crippen molar-refractivity contribution in [1.82, 2.24) is 0 Å². The maximum absolute atomic E-state index is 11.3. The van der Waals surface area contributed by atoms with Crippen LogP contribution in [-0.4, -0.2) is 6.29 Å². The van der Waals surface area contributed by atoms with Gasteiger partial charge in [-0.25, -0.2) is 0 Å². The summed E-state index contributed by atoms with van der Waals surface area (Å²) in [6, 6.07) is 26.1. The molecule has 2 nitrogen and oxygen atoms in total. The number of rotatable bonds is 7. The average molecular weight is 395 g/mol. The lowest BCUT2D eigenvalue weighted by atomic mass is 9.88. The molecule has 3 rings (SSSR count). The molecule has 0 aliphatic rings. The van der Waals surface area contributed by atoms with E-state index in [0.29, 0.717) is 13.0 Å². The molecule has 0 aromatic heterocycles. The molecule has 0 saturated heterocycles. The number of carbonyl (C=O) groups excluding carboxylic acids is 1. The quantitative estimate of drug-likeness (QED) is 0.476. The third kappa shape index (κ3) is 4.37. The Hall–Kier alpha value is -2.39. The number of benzene rings is 3. The molecular weight excluding hydrogens is 376 g/mol. The zero-order valence-electron chi connectivity index (χ0n) is 13.8. The SMILES string of the molecule is O=CCC(c1ccccc1)c1cccc(Br)c1OCc1ccccc1. The van der Waals surface area contributed by atoms with Gasteiger partial charge in [-0.15, -0.1) is 0 Å². The third-order valence-corrected chi connectivity index (χ3v) is 4.76. The minimum absolute atomic E-state index is 0.0260. The van der Waals surface area contributed by atoms with Gasteiger partial charge in [0.1, 0.15) is 18.6 Å². The lowest BCUT2D eigenvalue weighted by molar-refractivity contribution is -0.108. The summed E-state index contributed by atoms with van der Waals surface area (Å²) in [6.07, 6.45) is 1.39. The van der Waals surface area contributed by atoms with Gasteiger partial charge in [-0.3, -0.25) is 0 Å². The van der Waals surface area contributed by atoms with Crippen LogP contribution in [0.4, 0.5) is 0 Å². The van der Waals surface area contributed by atoms with Gasteiger partial charge in [-0.2, -0.15) is 0 Å². The highest BCUT2D eigenvalue weighted by Crippen LogP contribution is 2.38. The molecule has 3 heteroatoms. The van der Waals surface area contributed by atoms with Gasteiger partial charge >= 0.3 is 0 Å². The monoisotopic (exact) mass is 394 g/mol. The van der Waals surface area contributed by atoms with E-state index in [2.05, 4.69) is 28.1 Å². The molecule has 0 radical (unpaired) electrons. The lowest BCUT2D eigenvalue weighted by Gasteiger charge is -2.20. The lowest BCUT2D eigenvalue weighted by Crippen LogP contribution is -2.06. The molecule has 126 valence electrons. The number of aldehydes is 1. The van der Waals surface area contributed by atoms with E-state index in [-0.39, 0.29) is 5.92 Å². The molecule has 3 aromatic carbocycles. The predicted octanol–water partition coefficient (Wildman–Crippen LogP) is 5.75. The Morgan fingerprint density at radius 3 is 2.24 bits per heavy atom. The van der Waals surface area contributed by atoms with Crippen LogP contribution in [0, 0.1) is 0 Å². The fourth-order valence-electron chi connectivity index (χ4n) is 2.91. The van der Waals surface area contributed by atoms with Crippen molar-refractivity contribution in [2.24, 2.45) is 0 Å². The summed E-state index contributed by atoms with van der Waals surface area (Å²) in [5.74, 6) is 0.768. The average Bonchev–Trinajstić information content (AvgIpc) is 2.66. The molecule has 0 aliphatic heterocycles. The summed E-state index contributed by atoms with van der Waals surface area (Å²) in [5.41, 5.74) is 3.23. The first-order valence-electron chi connectivity index (χ1n) is 8.23. The van der Waals surface area contributed by atoms with E-state index in [1.54, 1.807) is 0 Å². The number of para-hydroxylation sites is 1. The molecule has 0 bridgehead atoms. The van der Waals surface area contributed by atoms with Crippen molar-refractivity contribution in [1.29, 1.82) is 0 Å². The maximum atomic E-state index is 11.3. The molecule has 3 aromatic rings. The topological polar surface area (TPSA) is 26.3 Å². The fraction of sp³-hybridized carbons (Fsp3) is 0.136. The van der Waals surface area contributed by atoms with Crippen LogP contribution in [0.25, 0.3) is 0 Å². The molecule has 0 saturated carbocycles. The normalized spacial score (nSPS) is 11.7. The van der Waals surface area contributed by atoms with Gasteiger partial charge in [0, 0.05) is 17.9 Å². The van der Waals surface area contributed by atoms with Gasteiger partial charge < -0.3 is 9.53 Å². The van der Waals surface area contributed by atoms with E-state index in [4.69, 9.17) is 4.74 Å². The summed E-state index contributed by atoms with van der Waals surface area (Å²) >= 11 is 3.60. The molecule has 0 N–H and O–H groups in total. The smallest absolute Gasteiger partial charge is 0.137 e. The Morgan fingerprint density at radius 1 is 0.880 bits per heavy atom. The zero-order chi connectivity index (χ0) is 17.5. The van der Waals surface area contributed by atoms with Gasteiger partial charge in [-0.1, -0.05) is 72.8 Å². The van der Waals surface area contributed by atoms with Crippen molar-refractivity contribution >= 4 is 22.2 Å². The highest BCUT2D eigenvalue weighted by Gasteiger charge is 2.20. The summed E-state index contributed by atoms with van der Waals surface area (Å²) in [6.45, 7) is 0.485. The molecule has 1 unspecified atom stereocenters. The van der Waals surface area contributed by atoms with Crippen molar-refractivity contribution in [2.45, 2.75) is 18.9 Å². The van der Waals surface area contributed by atoms with Crippen LogP contribution in [0.3, 0.4) is 0 Å². The van der Waals surface area contributed by atoms with Gasteiger partial charge in [0.05, 0.1) is 4.47 Å². The molecule has 0 fully saturated rings. The second-order valence-corrected chi connectivity index (χ2v) is 6.65. The Labute approximate surface area is 156 Å². The first-order chi connectivity index (χ1) is 12.3. The van der Waals surface area contributed by atoms with Crippen LogP contribution in [-0.2, 0) is 11.4 Å². The molecule has 0 amide bonds. The van der Waals surface area contributed by atoms with Crippen molar-refractivity contribution in [3.8, 4) is 5.75 Å². The van der Waals surface area contributed by atoms with E-state index in [1.165, 1.54) is 0 Å². The number of ether oxygens (including phenoxy) is 1. The minimum Gasteiger partial charge on any atom is -0.487 e. The Kier molecular flexibility index (Phi) is 6.02. The molecule has 0 spiro atoms. The summed E-state index contributed by atoms with van der Waals surface area (Å²) < 4.78 is 7.04. The van der Waals surface area contributed by atoms with E-state index >= 15 is 0 Å². The molecule has 0 aliphatic carbocycles. The number of carbonyl (C=O) groups is 1. The van der Waals surface area contributed by atoms with Crippen LogP contribution in [0.15, 0.2) is 83.3 Å². The summed E-state index contributed by atoms with van der Waals surface area (Å²) in [4.78, 5) is 11.3. The number of hydrogen-bond acceptors (Lipinski definition) is 2. The fourth-order valence-corrected chi connectivity index (χ4v) is 3.40. The van der Waals surface area contributed by atoms with E-state index in [1.807, 2.05) is 66.7 Å². The van der Waals surface area contributed by atoms with Crippen LogP contribution in [0.5, 0.6) is 5.75 Å². The van der Waals surface area contributed by atoms with Crippen LogP contribution in [0.1, 0.15) is 29.0 Å².